The van der Waals surface area contributed by atoms with Gasteiger partial charge in [-0.05, 0) is 27.7 Å². The summed E-state index contributed by atoms with van der Waals surface area (Å²) in [5.74, 6) is -2.95. The number of amides is 1. The number of rotatable bonds is 7. The lowest BCUT2D eigenvalue weighted by molar-refractivity contribution is -0.175. The van der Waals surface area contributed by atoms with Gasteiger partial charge in [-0.3, -0.25) is 18.8 Å². The molecule has 0 aromatic carbocycles. The van der Waals surface area contributed by atoms with Gasteiger partial charge in [0.25, 0.3) is 0 Å². The van der Waals surface area contributed by atoms with Crippen LogP contribution in [0.5, 0.6) is 0 Å². The fourth-order valence-electron chi connectivity index (χ4n) is 4.67. The number of fused-ring (bicyclic) bond motifs is 2. The first-order chi connectivity index (χ1) is 16.8. The van der Waals surface area contributed by atoms with Crippen molar-refractivity contribution in [1.82, 2.24) is 14.3 Å². The van der Waals surface area contributed by atoms with Crippen LogP contribution < -0.4 is 0 Å². The van der Waals surface area contributed by atoms with Crippen LogP contribution in [0.3, 0.4) is 0 Å². The van der Waals surface area contributed by atoms with E-state index in [9.17, 15) is 24.3 Å². The number of Topliss-reactive ketones (excluding diaryl/α,β-unsaturated/α-hetero) is 1. The maximum atomic E-state index is 13.2. The van der Waals surface area contributed by atoms with Crippen molar-refractivity contribution in [3.8, 4) is 0 Å². The molecule has 0 spiro atoms. The number of imidazole rings is 1. The molecule has 4 rings (SSSR count). The highest BCUT2D eigenvalue weighted by Crippen LogP contribution is 2.51. The number of hydrogen-bond acceptors (Lipinski definition) is 9. The number of aliphatic hydroxyl groups is 1. The van der Waals surface area contributed by atoms with E-state index < -0.39 is 42.2 Å². The predicted molar refractivity (Wildman–Crippen MR) is 131 cm³/mol. The van der Waals surface area contributed by atoms with Crippen LogP contribution in [0.4, 0.5) is 0 Å². The van der Waals surface area contributed by atoms with Crippen LogP contribution >= 0.6 is 11.3 Å². The Labute approximate surface area is 212 Å². The largest absolute Gasteiger partial charge is 0.427 e. The number of aliphatic hydroxyl groups excluding tert-OH is 1. The zero-order valence-electron chi connectivity index (χ0n) is 21.4. The summed E-state index contributed by atoms with van der Waals surface area (Å²) >= 11 is 1.30. The summed E-state index contributed by atoms with van der Waals surface area (Å²) in [6, 6.07) is -0.413. The van der Waals surface area contributed by atoms with Crippen molar-refractivity contribution in [2.45, 2.75) is 60.6 Å². The summed E-state index contributed by atoms with van der Waals surface area (Å²) in [5, 5.41) is 10.2. The number of thiazole rings is 1. The normalized spacial score (nSPS) is 22.6. The average molecular weight is 518 g/mol. The molecule has 0 radical (unpaired) electrons. The molecule has 194 valence electrons. The lowest BCUT2D eigenvalue weighted by atomic mass is 9.77. The van der Waals surface area contributed by atoms with Crippen LogP contribution in [-0.4, -0.2) is 62.0 Å². The van der Waals surface area contributed by atoms with E-state index in [1.807, 2.05) is 6.92 Å². The molecule has 1 N–H and O–H groups in total. The fourth-order valence-corrected chi connectivity index (χ4v) is 5.89. The number of ketones is 1. The molecule has 2 aromatic rings. The molecule has 1 fully saturated rings. The van der Waals surface area contributed by atoms with E-state index in [0.29, 0.717) is 21.0 Å². The molecule has 0 aliphatic carbocycles. The van der Waals surface area contributed by atoms with Crippen molar-refractivity contribution < 1.29 is 33.8 Å². The van der Waals surface area contributed by atoms with Gasteiger partial charge in [0, 0.05) is 23.6 Å². The Morgan fingerprint density at radius 3 is 2.44 bits per heavy atom. The van der Waals surface area contributed by atoms with Crippen molar-refractivity contribution in [3.63, 3.8) is 0 Å². The minimum atomic E-state index is -0.885. The zero-order chi connectivity index (χ0) is 26.7. The third-order valence-electron chi connectivity index (χ3n) is 6.59. The quantitative estimate of drug-likeness (QED) is 0.257. The number of nitrogens with zero attached hydrogens (tertiary/aromatic N) is 3. The van der Waals surface area contributed by atoms with Crippen molar-refractivity contribution in [1.29, 1.82) is 0 Å². The Morgan fingerprint density at radius 1 is 1.19 bits per heavy atom. The number of esters is 2. The van der Waals surface area contributed by atoms with Crippen molar-refractivity contribution in [3.05, 3.63) is 28.8 Å². The van der Waals surface area contributed by atoms with E-state index in [1.165, 1.54) is 16.2 Å². The van der Waals surface area contributed by atoms with Crippen LogP contribution in [0, 0.1) is 23.2 Å². The van der Waals surface area contributed by atoms with E-state index in [-0.39, 0.29) is 29.2 Å². The summed E-state index contributed by atoms with van der Waals surface area (Å²) in [4.78, 5) is 57.8. The lowest BCUT2D eigenvalue weighted by Crippen LogP contribution is -2.63. The van der Waals surface area contributed by atoms with E-state index >= 15 is 0 Å². The van der Waals surface area contributed by atoms with Crippen LogP contribution in [0.15, 0.2) is 18.2 Å². The minimum Gasteiger partial charge on any atom is -0.427 e. The number of ether oxygens (including phenoxy) is 2. The molecule has 0 bridgehead atoms. The second-order valence-electron chi connectivity index (χ2n) is 10.7. The first-order valence-electron chi connectivity index (χ1n) is 11.9. The lowest BCUT2D eigenvalue weighted by Gasteiger charge is -2.46. The van der Waals surface area contributed by atoms with Crippen LogP contribution in [0.2, 0.25) is 0 Å². The molecule has 0 saturated carbocycles. The monoisotopic (exact) mass is 517 g/mol. The Hall–Kier alpha value is -3.05. The standard InChI is InChI=1S/C25H31N3O7S/c1-11(2)20(30)17-22-27(9-26-17)8-14(36-22)15-12(3)18-16(13(4)29)21(31)28(18)19(15)23(32)34-10-35-24(33)25(5,6)7/h8-9,11-13,16,18,29H,10H2,1-7H3/t12-,13+,16+,18+/m0/s1. The van der Waals surface area contributed by atoms with Crippen molar-refractivity contribution >= 4 is 45.4 Å². The van der Waals surface area contributed by atoms with Gasteiger partial charge in [0.2, 0.25) is 12.7 Å². The summed E-state index contributed by atoms with van der Waals surface area (Å²) in [7, 11) is 0. The molecule has 36 heavy (non-hydrogen) atoms. The third-order valence-corrected chi connectivity index (χ3v) is 7.74. The van der Waals surface area contributed by atoms with Crippen LogP contribution in [0.1, 0.15) is 63.8 Å². The molecule has 0 unspecified atom stereocenters. The molecule has 1 amide bonds. The molecule has 2 aliphatic rings. The summed E-state index contributed by atoms with van der Waals surface area (Å²) in [6.07, 6.45) is 2.44. The highest BCUT2D eigenvalue weighted by molar-refractivity contribution is 7.18. The van der Waals surface area contributed by atoms with E-state index in [4.69, 9.17) is 9.47 Å². The number of β-lactam (4-membered cyclic amide) rings is 1. The topological polar surface area (TPSA) is 128 Å². The molecule has 1 saturated heterocycles. The van der Waals surface area contributed by atoms with Crippen LogP contribution in [-0.2, 0) is 23.9 Å². The summed E-state index contributed by atoms with van der Waals surface area (Å²) in [5.41, 5.74) is 0.238. The van der Waals surface area contributed by atoms with Gasteiger partial charge in [-0.2, -0.15) is 0 Å². The molecule has 10 nitrogen and oxygen atoms in total. The average Bonchev–Trinajstić information content (AvgIpc) is 3.41. The third kappa shape index (κ3) is 4.13. The van der Waals surface area contributed by atoms with Gasteiger partial charge in [-0.1, -0.05) is 20.8 Å². The number of aromatic nitrogens is 2. The summed E-state index contributed by atoms with van der Waals surface area (Å²) in [6.45, 7) is 11.5. The van der Waals surface area contributed by atoms with Gasteiger partial charge >= 0.3 is 11.9 Å². The Bertz CT molecular complexity index is 1280. The zero-order valence-corrected chi connectivity index (χ0v) is 22.2. The maximum absolute atomic E-state index is 13.2. The summed E-state index contributed by atoms with van der Waals surface area (Å²) < 4.78 is 12.1. The molecule has 11 heteroatoms. The minimum absolute atomic E-state index is 0.0652. The second-order valence-corrected chi connectivity index (χ2v) is 11.7. The van der Waals surface area contributed by atoms with Gasteiger partial charge in [0.05, 0.1) is 28.4 Å². The molecular formula is C25H31N3O7S. The number of carbonyl (C=O) groups excluding carboxylic acids is 4. The Morgan fingerprint density at radius 2 is 1.86 bits per heavy atom. The van der Waals surface area contributed by atoms with Crippen molar-refractivity contribution in [2.75, 3.05) is 6.79 Å². The molecule has 2 aromatic heterocycles. The molecular weight excluding hydrogens is 486 g/mol. The predicted octanol–water partition coefficient (Wildman–Crippen LogP) is 2.89. The van der Waals surface area contributed by atoms with Gasteiger partial charge < -0.3 is 19.5 Å². The Balaban J connectivity index is 1.72. The van der Waals surface area contributed by atoms with Gasteiger partial charge in [0.15, 0.2) is 5.78 Å². The Kier molecular flexibility index (Phi) is 6.59. The van der Waals surface area contributed by atoms with E-state index in [1.54, 1.807) is 58.5 Å². The van der Waals surface area contributed by atoms with Gasteiger partial charge in [0.1, 0.15) is 22.5 Å². The maximum Gasteiger partial charge on any atom is 0.358 e. The van der Waals surface area contributed by atoms with Crippen molar-refractivity contribution in [2.24, 2.45) is 23.2 Å². The SMILES string of the molecule is CC(C)C(=O)c1ncn2cc(C3=C(C(=O)OCOC(=O)C(C)(C)C)N4C(=O)[C@H]([C@@H](C)O)[C@H]4[C@H]3C)sc12. The molecule has 2 aliphatic heterocycles. The van der Waals surface area contributed by atoms with Crippen LogP contribution in [0.25, 0.3) is 10.4 Å². The van der Waals surface area contributed by atoms with Gasteiger partial charge in [-0.25, -0.2) is 9.78 Å². The van der Waals surface area contributed by atoms with E-state index in [0.717, 1.165) is 0 Å². The molecule has 4 heterocycles. The highest BCUT2D eigenvalue weighted by atomic mass is 32.1. The first kappa shape index (κ1) is 26.0. The molecule has 4 atom stereocenters. The number of hydrogen-bond donors (Lipinski definition) is 1. The fraction of sp³-hybridized carbons (Fsp3) is 0.560. The number of carbonyl (C=O) groups is 4. The first-order valence-corrected chi connectivity index (χ1v) is 12.7. The second kappa shape index (κ2) is 9.11. The van der Waals surface area contributed by atoms with Gasteiger partial charge in [-0.15, -0.1) is 11.3 Å². The van der Waals surface area contributed by atoms with E-state index in [2.05, 4.69) is 4.98 Å². The highest BCUT2D eigenvalue weighted by Gasteiger charge is 2.60. The smallest absolute Gasteiger partial charge is 0.358 e.